The number of hydrogen-bond donors (Lipinski definition) is 3. The molecule has 0 heterocycles. The maximum absolute atomic E-state index is 13.3. The summed E-state index contributed by atoms with van der Waals surface area (Å²) < 4.78 is 4.99. The first-order valence-electron chi connectivity index (χ1n) is 13.6. The Labute approximate surface area is 242 Å². The predicted octanol–water partition coefficient (Wildman–Crippen LogP) is 4.61. The summed E-state index contributed by atoms with van der Waals surface area (Å²) in [6, 6.07) is 17.6. The van der Waals surface area contributed by atoms with Crippen LogP contribution in [0.25, 0.3) is 10.8 Å². The molecule has 0 saturated heterocycles. The summed E-state index contributed by atoms with van der Waals surface area (Å²) in [5.74, 6) is -4.60. The highest BCUT2D eigenvalue weighted by Crippen LogP contribution is 2.33. The Bertz CT molecular complexity index is 1490. The standard InChI is InChI=1S/C31H33N3O8/c1-19(27(35)32-25-12-7-9-21-8-3-4-10-23(21)25)33(31(41)42-2)18-20-14-16-22(17-15-20)34(28(36)30(39)40)26-13-6-5-11-24(26)29(37)38/h3-13,19-20,22H,14-18H2,1-2H3,(H,32,35)(H,37,38)(H,39,40)/t19-,20?,22?/m0/s1. The molecule has 11 nitrogen and oxygen atoms in total. The molecule has 3 aromatic rings. The number of para-hydroxylation sites is 1. The van der Waals surface area contributed by atoms with Crippen LogP contribution in [0.5, 0.6) is 0 Å². The Morgan fingerprint density at radius 3 is 2.21 bits per heavy atom. The van der Waals surface area contributed by atoms with Crippen LogP contribution in [0, 0.1) is 5.92 Å². The van der Waals surface area contributed by atoms with Crippen molar-refractivity contribution in [2.75, 3.05) is 23.9 Å². The van der Waals surface area contributed by atoms with Gasteiger partial charge in [-0.15, -0.1) is 0 Å². The number of carbonyl (C=O) groups excluding carboxylic acids is 3. The van der Waals surface area contributed by atoms with Gasteiger partial charge in [-0.05, 0) is 62.1 Å². The number of hydrogen-bond acceptors (Lipinski definition) is 6. The van der Waals surface area contributed by atoms with Gasteiger partial charge in [0.2, 0.25) is 5.91 Å². The molecule has 0 aromatic heterocycles. The number of aromatic carboxylic acids is 1. The fraction of sp³-hybridized carbons (Fsp3) is 0.323. The normalized spacial score (nSPS) is 17.1. The van der Waals surface area contributed by atoms with Crippen molar-refractivity contribution in [1.82, 2.24) is 4.90 Å². The summed E-state index contributed by atoms with van der Waals surface area (Å²) in [4.78, 5) is 64.6. The number of carboxylic acids is 2. The lowest BCUT2D eigenvalue weighted by molar-refractivity contribution is -0.149. The number of amides is 3. The Hall–Kier alpha value is -4.93. The third-order valence-electron chi connectivity index (χ3n) is 7.74. The Morgan fingerprint density at radius 1 is 0.905 bits per heavy atom. The molecule has 1 saturated carbocycles. The van der Waals surface area contributed by atoms with Crippen molar-refractivity contribution in [2.24, 2.45) is 5.92 Å². The van der Waals surface area contributed by atoms with E-state index in [1.807, 2.05) is 36.4 Å². The van der Waals surface area contributed by atoms with E-state index < -0.39 is 36.0 Å². The summed E-state index contributed by atoms with van der Waals surface area (Å²) in [5, 5.41) is 23.9. The molecule has 0 radical (unpaired) electrons. The summed E-state index contributed by atoms with van der Waals surface area (Å²) in [6.45, 7) is 1.83. The van der Waals surface area contributed by atoms with Gasteiger partial charge in [-0.2, -0.15) is 0 Å². The van der Waals surface area contributed by atoms with Crippen LogP contribution in [-0.2, 0) is 19.1 Å². The van der Waals surface area contributed by atoms with Gasteiger partial charge in [-0.3, -0.25) is 19.4 Å². The maximum atomic E-state index is 13.3. The average Bonchev–Trinajstić information content (AvgIpc) is 3.00. The van der Waals surface area contributed by atoms with Crippen molar-refractivity contribution >= 4 is 52.0 Å². The topological polar surface area (TPSA) is 154 Å². The summed E-state index contributed by atoms with van der Waals surface area (Å²) in [5.41, 5.74) is 0.480. The average molecular weight is 576 g/mol. The summed E-state index contributed by atoms with van der Waals surface area (Å²) in [7, 11) is 1.25. The van der Waals surface area contributed by atoms with Crippen LogP contribution in [0.3, 0.4) is 0 Å². The zero-order chi connectivity index (χ0) is 30.4. The van der Waals surface area contributed by atoms with Crippen molar-refractivity contribution in [3.8, 4) is 0 Å². The molecule has 0 spiro atoms. The number of fused-ring (bicyclic) bond motifs is 1. The number of anilines is 2. The second-order valence-corrected chi connectivity index (χ2v) is 10.3. The predicted molar refractivity (Wildman–Crippen MR) is 155 cm³/mol. The van der Waals surface area contributed by atoms with E-state index in [-0.39, 0.29) is 29.6 Å². The number of carboxylic acid groups (broad SMARTS) is 2. The number of nitrogens with one attached hydrogen (secondary N) is 1. The molecular formula is C31H33N3O8. The first-order valence-corrected chi connectivity index (χ1v) is 13.6. The zero-order valence-corrected chi connectivity index (χ0v) is 23.4. The van der Waals surface area contributed by atoms with Gasteiger partial charge in [-0.25, -0.2) is 14.4 Å². The van der Waals surface area contributed by atoms with Gasteiger partial charge in [-0.1, -0.05) is 48.5 Å². The van der Waals surface area contributed by atoms with E-state index in [1.165, 1.54) is 30.2 Å². The van der Waals surface area contributed by atoms with Crippen LogP contribution in [0.15, 0.2) is 66.7 Å². The molecule has 1 aliphatic carbocycles. The second-order valence-electron chi connectivity index (χ2n) is 10.3. The molecule has 3 amide bonds. The lowest BCUT2D eigenvalue weighted by Crippen LogP contribution is -2.50. The molecule has 0 unspecified atom stereocenters. The van der Waals surface area contributed by atoms with E-state index in [4.69, 9.17) is 4.74 Å². The number of benzene rings is 3. The van der Waals surface area contributed by atoms with Crippen LogP contribution >= 0.6 is 0 Å². The quantitative estimate of drug-likeness (QED) is 0.329. The minimum Gasteiger partial charge on any atom is -0.478 e. The first kappa shape index (κ1) is 30.0. The molecule has 11 heteroatoms. The van der Waals surface area contributed by atoms with Gasteiger partial charge in [0.25, 0.3) is 0 Å². The number of aliphatic carboxylic acids is 1. The number of rotatable bonds is 8. The van der Waals surface area contributed by atoms with Crippen molar-refractivity contribution in [3.63, 3.8) is 0 Å². The first-order chi connectivity index (χ1) is 20.1. The van der Waals surface area contributed by atoms with Gasteiger partial charge in [0.1, 0.15) is 6.04 Å². The second kappa shape index (κ2) is 13.2. The molecule has 1 aliphatic rings. The maximum Gasteiger partial charge on any atom is 0.410 e. The monoisotopic (exact) mass is 575 g/mol. The van der Waals surface area contributed by atoms with Crippen LogP contribution < -0.4 is 10.2 Å². The fourth-order valence-electron chi connectivity index (χ4n) is 5.52. The molecule has 3 aromatic carbocycles. The number of ether oxygens (including phenoxy) is 1. The summed E-state index contributed by atoms with van der Waals surface area (Å²) >= 11 is 0. The van der Waals surface area contributed by atoms with E-state index in [2.05, 4.69) is 5.32 Å². The van der Waals surface area contributed by atoms with Crippen molar-refractivity contribution in [3.05, 3.63) is 72.3 Å². The van der Waals surface area contributed by atoms with Crippen LogP contribution in [-0.4, -0.2) is 70.7 Å². The van der Waals surface area contributed by atoms with Gasteiger partial charge >= 0.3 is 23.9 Å². The van der Waals surface area contributed by atoms with Gasteiger partial charge in [0.15, 0.2) is 0 Å². The van der Waals surface area contributed by atoms with E-state index in [0.29, 0.717) is 31.4 Å². The van der Waals surface area contributed by atoms with E-state index >= 15 is 0 Å². The molecule has 0 aliphatic heterocycles. The van der Waals surface area contributed by atoms with Crippen LogP contribution in [0.4, 0.5) is 16.2 Å². The van der Waals surface area contributed by atoms with Gasteiger partial charge in [0, 0.05) is 23.7 Å². The lowest BCUT2D eigenvalue weighted by atomic mass is 9.84. The molecule has 42 heavy (non-hydrogen) atoms. The zero-order valence-electron chi connectivity index (χ0n) is 23.4. The van der Waals surface area contributed by atoms with E-state index in [9.17, 15) is 34.2 Å². The Morgan fingerprint density at radius 2 is 1.55 bits per heavy atom. The number of methoxy groups -OCH3 is 1. The minimum atomic E-state index is -1.68. The molecule has 1 atom stereocenters. The van der Waals surface area contributed by atoms with Gasteiger partial charge in [0.05, 0.1) is 18.4 Å². The van der Waals surface area contributed by atoms with E-state index in [1.54, 1.807) is 19.1 Å². The summed E-state index contributed by atoms with van der Waals surface area (Å²) in [6.07, 6.45) is 1.12. The third kappa shape index (κ3) is 6.51. The molecule has 220 valence electrons. The highest BCUT2D eigenvalue weighted by Gasteiger charge is 2.37. The Balaban J connectivity index is 1.47. The largest absolute Gasteiger partial charge is 0.478 e. The molecule has 3 N–H and O–H groups in total. The Kier molecular flexibility index (Phi) is 9.41. The lowest BCUT2D eigenvalue weighted by Gasteiger charge is -2.38. The number of nitrogens with zero attached hydrogens (tertiary/aromatic N) is 2. The number of carbonyl (C=O) groups is 5. The molecule has 4 rings (SSSR count). The van der Waals surface area contributed by atoms with Crippen LogP contribution in [0.1, 0.15) is 43.0 Å². The van der Waals surface area contributed by atoms with Crippen molar-refractivity contribution < 1.29 is 38.9 Å². The highest BCUT2D eigenvalue weighted by atomic mass is 16.5. The third-order valence-corrected chi connectivity index (χ3v) is 7.74. The fourth-order valence-corrected chi connectivity index (χ4v) is 5.52. The molecular weight excluding hydrogens is 542 g/mol. The minimum absolute atomic E-state index is 0.0239. The van der Waals surface area contributed by atoms with Crippen molar-refractivity contribution in [1.29, 1.82) is 0 Å². The van der Waals surface area contributed by atoms with E-state index in [0.717, 1.165) is 15.7 Å². The van der Waals surface area contributed by atoms with Crippen LogP contribution in [0.2, 0.25) is 0 Å². The molecule has 0 bridgehead atoms. The smallest absolute Gasteiger partial charge is 0.410 e. The van der Waals surface area contributed by atoms with Gasteiger partial charge < -0.3 is 20.3 Å². The molecule has 1 fully saturated rings. The SMILES string of the molecule is COC(=O)N(CC1CCC(N(C(=O)C(=O)O)c2ccccc2C(=O)O)CC1)[C@@H](C)C(=O)Nc1cccc2ccccc12. The van der Waals surface area contributed by atoms with Crippen molar-refractivity contribution in [2.45, 2.75) is 44.7 Å². The highest BCUT2D eigenvalue weighted by molar-refractivity contribution is 6.37.